The fraction of sp³-hybridized carbons (Fsp3) is 0.200. The predicted octanol–water partition coefficient (Wildman–Crippen LogP) is 1.65. The van der Waals surface area contributed by atoms with E-state index >= 15 is 0 Å². The molecule has 0 bridgehead atoms. The fourth-order valence-electron chi connectivity index (χ4n) is 1.40. The Kier molecular flexibility index (Phi) is 2.25. The average molecular weight is 209 g/mol. The van der Waals surface area contributed by atoms with Crippen molar-refractivity contribution >= 4 is 28.4 Å². The first-order valence-corrected chi connectivity index (χ1v) is 4.64. The van der Waals surface area contributed by atoms with Gasteiger partial charge in [-0.1, -0.05) is 23.7 Å². The largest absolute Gasteiger partial charge is 0.313 e. The number of amides is 1. The number of benzene rings is 1. The molecule has 0 aliphatic carbocycles. The lowest BCUT2D eigenvalue weighted by atomic mass is 10.2. The van der Waals surface area contributed by atoms with Gasteiger partial charge in [-0.25, -0.2) is 0 Å². The molecule has 0 fully saturated rings. The Balaban J connectivity index is 2.61. The van der Waals surface area contributed by atoms with Crippen molar-refractivity contribution in [3.8, 4) is 0 Å². The first-order valence-electron chi connectivity index (χ1n) is 4.26. The van der Waals surface area contributed by atoms with Gasteiger partial charge in [-0.3, -0.25) is 9.79 Å². The van der Waals surface area contributed by atoms with Crippen LogP contribution in [0.3, 0.4) is 0 Å². The third-order valence-electron chi connectivity index (χ3n) is 2.21. The summed E-state index contributed by atoms with van der Waals surface area (Å²) in [5.41, 5.74) is 1.62. The van der Waals surface area contributed by atoms with Gasteiger partial charge < -0.3 is 4.90 Å². The van der Waals surface area contributed by atoms with E-state index in [1.807, 2.05) is 24.3 Å². The molecule has 0 N–H and O–H groups in total. The van der Waals surface area contributed by atoms with Gasteiger partial charge in [0.1, 0.15) is 11.7 Å². The maximum Gasteiger partial charge on any atom is 0.248 e. The highest BCUT2D eigenvalue weighted by atomic mass is 35.5. The first-order chi connectivity index (χ1) is 6.70. The fourth-order valence-corrected chi connectivity index (χ4v) is 1.62. The van der Waals surface area contributed by atoms with Crippen LogP contribution in [0.1, 0.15) is 5.56 Å². The predicted molar refractivity (Wildman–Crippen MR) is 57.1 cm³/mol. The molecule has 0 radical (unpaired) electrons. The summed E-state index contributed by atoms with van der Waals surface area (Å²) >= 11 is 5.95. The summed E-state index contributed by atoms with van der Waals surface area (Å²) in [4.78, 5) is 17.0. The third kappa shape index (κ3) is 1.40. The van der Waals surface area contributed by atoms with Gasteiger partial charge in [0.15, 0.2) is 0 Å². The Morgan fingerprint density at radius 1 is 1.43 bits per heavy atom. The van der Waals surface area contributed by atoms with Gasteiger partial charge in [-0.2, -0.15) is 0 Å². The van der Waals surface area contributed by atoms with Crippen LogP contribution in [-0.4, -0.2) is 24.7 Å². The van der Waals surface area contributed by atoms with Crippen molar-refractivity contribution in [2.24, 2.45) is 4.99 Å². The highest BCUT2D eigenvalue weighted by Gasteiger charge is 2.19. The molecule has 0 saturated carbocycles. The molecular weight excluding hydrogens is 200 g/mol. The molecule has 3 nitrogen and oxygen atoms in total. The molecule has 1 aliphatic heterocycles. The topological polar surface area (TPSA) is 32.7 Å². The van der Waals surface area contributed by atoms with Crippen LogP contribution >= 0.6 is 11.6 Å². The second kappa shape index (κ2) is 3.42. The number of nitrogens with zero attached hydrogens (tertiary/aromatic N) is 2. The number of carbonyl (C=O) groups excluding carboxylic acids is 1. The molecule has 1 aromatic rings. The zero-order chi connectivity index (χ0) is 10.1. The molecule has 14 heavy (non-hydrogen) atoms. The Morgan fingerprint density at radius 3 is 2.93 bits per heavy atom. The van der Waals surface area contributed by atoms with Crippen LogP contribution in [0.2, 0.25) is 0 Å². The van der Waals surface area contributed by atoms with Crippen molar-refractivity contribution in [2.75, 3.05) is 18.5 Å². The van der Waals surface area contributed by atoms with Gasteiger partial charge in [0.05, 0.1) is 5.69 Å². The van der Waals surface area contributed by atoms with E-state index in [2.05, 4.69) is 4.99 Å². The Labute approximate surface area is 87.0 Å². The van der Waals surface area contributed by atoms with Gasteiger partial charge in [0.2, 0.25) is 5.91 Å². The molecule has 1 aliphatic rings. The molecule has 0 unspecified atom stereocenters. The molecule has 0 atom stereocenters. The summed E-state index contributed by atoms with van der Waals surface area (Å²) in [6.07, 6.45) is 0. The summed E-state index contributed by atoms with van der Waals surface area (Å²) in [5, 5.41) is 0.401. The second-order valence-corrected chi connectivity index (χ2v) is 3.43. The SMILES string of the molecule is CN1C(=O)CN=C(Cl)c2ccccc21. The van der Waals surface area contributed by atoms with E-state index in [1.54, 1.807) is 11.9 Å². The number of aliphatic imine (C=N–C) groups is 1. The maximum atomic E-state index is 11.5. The summed E-state index contributed by atoms with van der Waals surface area (Å²) < 4.78 is 0. The van der Waals surface area contributed by atoms with Gasteiger partial charge in [0, 0.05) is 12.6 Å². The normalized spacial score (nSPS) is 16.0. The van der Waals surface area contributed by atoms with Crippen LogP contribution in [0.15, 0.2) is 29.3 Å². The van der Waals surface area contributed by atoms with E-state index in [0.717, 1.165) is 11.3 Å². The van der Waals surface area contributed by atoms with Gasteiger partial charge in [-0.15, -0.1) is 0 Å². The van der Waals surface area contributed by atoms with E-state index in [4.69, 9.17) is 11.6 Å². The average Bonchev–Trinajstić information content (AvgIpc) is 2.33. The van der Waals surface area contributed by atoms with Crippen molar-refractivity contribution in [1.29, 1.82) is 0 Å². The number of hydrogen-bond acceptors (Lipinski definition) is 2. The monoisotopic (exact) mass is 208 g/mol. The van der Waals surface area contributed by atoms with Crippen LogP contribution in [-0.2, 0) is 4.79 Å². The number of halogens is 1. The molecule has 1 heterocycles. The van der Waals surface area contributed by atoms with E-state index in [-0.39, 0.29) is 12.5 Å². The molecule has 0 saturated heterocycles. The standard InChI is InChI=1S/C10H9ClN2O/c1-13-8-5-3-2-4-7(8)10(11)12-6-9(13)14/h2-5H,6H2,1H3. The number of fused-ring (bicyclic) bond motifs is 1. The third-order valence-corrected chi connectivity index (χ3v) is 2.54. The summed E-state index contributed by atoms with van der Waals surface area (Å²) in [7, 11) is 1.73. The van der Waals surface area contributed by atoms with Crippen LogP contribution in [0.5, 0.6) is 0 Å². The first kappa shape index (κ1) is 9.21. The number of rotatable bonds is 0. The molecule has 0 aromatic heterocycles. The van der Waals surface area contributed by atoms with Gasteiger partial charge in [-0.05, 0) is 12.1 Å². The molecule has 4 heteroatoms. The van der Waals surface area contributed by atoms with E-state index < -0.39 is 0 Å². The van der Waals surface area contributed by atoms with Crippen molar-refractivity contribution in [3.05, 3.63) is 29.8 Å². The van der Waals surface area contributed by atoms with Crippen molar-refractivity contribution < 1.29 is 4.79 Å². The number of para-hydroxylation sites is 1. The second-order valence-electron chi connectivity index (χ2n) is 3.08. The zero-order valence-corrected chi connectivity index (χ0v) is 8.45. The molecule has 72 valence electrons. The highest BCUT2D eigenvalue weighted by Crippen LogP contribution is 2.23. The molecule has 1 amide bonds. The number of benzodiazepines with no additional fused rings is 1. The summed E-state index contributed by atoms with van der Waals surface area (Å²) in [5.74, 6) is -0.0481. The van der Waals surface area contributed by atoms with Crippen molar-refractivity contribution in [1.82, 2.24) is 0 Å². The van der Waals surface area contributed by atoms with Crippen LogP contribution in [0, 0.1) is 0 Å². The highest BCUT2D eigenvalue weighted by molar-refractivity contribution is 6.70. The van der Waals surface area contributed by atoms with Crippen molar-refractivity contribution in [3.63, 3.8) is 0 Å². The van der Waals surface area contributed by atoms with E-state index in [0.29, 0.717) is 5.17 Å². The lowest BCUT2D eigenvalue weighted by Gasteiger charge is -2.16. The number of carbonyl (C=O) groups is 1. The zero-order valence-electron chi connectivity index (χ0n) is 7.70. The maximum absolute atomic E-state index is 11.5. The Hall–Kier alpha value is -1.35. The number of hydrogen-bond donors (Lipinski definition) is 0. The smallest absolute Gasteiger partial charge is 0.248 e. The molecule has 2 rings (SSSR count). The summed E-state index contributed by atoms with van der Waals surface area (Å²) in [6, 6.07) is 7.46. The van der Waals surface area contributed by atoms with E-state index in [9.17, 15) is 4.79 Å². The van der Waals surface area contributed by atoms with Crippen LogP contribution in [0.4, 0.5) is 5.69 Å². The van der Waals surface area contributed by atoms with E-state index in [1.165, 1.54) is 0 Å². The molecule has 0 spiro atoms. The van der Waals surface area contributed by atoms with Gasteiger partial charge in [0.25, 0.3) is 0 Å². The molecular formula is C10H9ClN2O. The minimum absolute atomic E-state index is 0.0481. The minimum Gasteiger partial charge on any atom is -0.313 e. The minimum atomic E-state index is -0.0481. The van der Waals surface area contributed by atoms with Crippen LogP contribution in [0.25, 0.3) is 0 Å². The molecule has 1 aromatic carbocycles. The Morgan fingerprint density at radius 2 is 2.14 bits per heavy atom. The van der Waals surface area contributed by atoms with Crippen LogP contribution < -0.4 is 4.90 Å². The quantitative estimate of drug-likeness (QED) is 0.638. The lowest BCUT2D eigenvalue weighted by molar-refractivity contribution is -0.116. The van der Waals surface area contributed by atoms with Gasteiger partial charge >= 0.3 is 0 Å². The number of anilines is 1. The number of likely N-dealkylation sites (N-methyl/N-ethyl adjacent to an activating group) is 1. The summed E-state index contributed by atoms with van der Waals surface area (Å²) in [6.45, 7) is 0.115. The lowest BCUT2D eigenvalue weighted by Crippen LogP contribution is -2.27. The Bertz CT molecular complexity index is 414. The van der Waals surface area contributed by atoms with Crippen molar-refractivity contribution in [2.45, 2.75) is 0 Å².